The van der Waals surface area contributed by atoms with Crippen molar-refractivity contribution in [2.45, 2.75) is 52.4 Å². The zero-order valence-electron chi connectivity index (χ0n) is 22.2. The van der Waals surface area contributed by atoms with Gasteiger partial charge in [-0.15, -0.1) is 0 Å². The van der Waals surface area contributed by atoms with Crippen LogP contribution < -0.4 is 18.9 Å². The number of hydrogen-bond acceptors (Lipinski definition) is 5. The predicted octanol–water partition coefficient (Wildman–Crippen LogP) is 7.19. The smallest absolute Gasteiger partial charge is 0.343 e. The summed E-state index contributed by atoms with van der Waals surface area (Å²) in [5.41, 5.74) is 3.29. The minimum atomic E-state index is -0.484. The molecule has 0 fully saturated rings. The third-order valence-corrected chi connectivity index (χ3v) is 5.91. The Morgan fingerprint density at radius 2 is 1.17 bits per heavy atom. The van der Waals surface area contributed by atoms with Gasteiger partial charge in [-0.25, -0.2) is 4.79 Å². The highest BCUT2D eigenvalue weighted by Gasteiger charge is 2.30. The highest BCUT2D eigenvalue weighted by Crippen LogP contribution is 2.44. The molecule has 3 rings (SSSR count). The molecule has 3 aromatic rings. The van der Waals surface area contributed by atoms with E-state index in [1.807, 2.05) is 42.5 Å². The van der Waals surface area contributed by atoms with Crippen molar-refractivity contribution in [3.05, 3.63) is 71.3 Å². The molecule has 0 atom stereocenters. The fourth-order valence-electron chi connectivity index (χ4n) is 4.02. The van der Waals surface area contributed by atoms with Gasteiger partial charge in [0, 0.05) is 11.1 Å². The number of carbonyl (C=O) groups is 1. The van der Waals surface area contributed by atoms with Gasteiger partial charge in [0.25, 0.3) is 0 Å². The van der Waals surface area contributed by atoms with E-state index in [2.05, 4.69) is 41.5 Å². The van der Waals surface area contributed by atoms with Crippen molar-refractivity contribution < 1.29 is 23.7 Å². The second-order valence-electron chi connectivity index (χ2n) is 10.6. The van der Waals surface area contributed by atoms with E-state index in [9.17, 15) is 4.79 Å². The second kappa shape index (κ2) is 10.0. The molecule has 0 aliphatic carbocycles. The molecule has 0 saturated heterocycles. The summed E-state index contributed by atoms with van der Waals surface area (Å²) in [7, 11) is 4.80. The molecule has 0 N–H and O–H groups in total. The summed E-state index contributed by atoms with van der Waals surface area (Å²) in [5, 5.41) is 0. The summed E-state index contributed by atoms with van der Waals surface area (Å²) in [6.07, 6.45) is 0. The molecule has 5 heteroatoms. The summed E-state index contributed by atoms with van der Waals surface area (Å²) in [5.74, 6) is 1.87. The summed E-state index contributed by atoms with van der Waals surface area (Å²) < 4.78 is 23.1. The molecule has 0 aliphatic heterocycles. The highest BCUT2D eigenvalue weighted by molar-refractivity contribution is 5.94. The van der Waals surface area contributed by atoms with Crippen LogP contribution in [0.15, 0.2) is 54.6 Å². The van der Waals surface area contributed by atoms with E-state index in [0.717, 1.165) is 28.0 Å². The Balaban J connectivity index is 2.15. The molecule has 0 aromatic heterocycles. The van der Waals surface area contributed by atoms with Crippen LogP contribution in [0.5, 0.6) is 23.0 Å². The van der Waals surface area contributed by atoms with Crippen molar-refractivity contribution in [2.75, 3.05) is 21.3 Å². The van der Waals surface area contributed by atoms with Crippen molar-refractivity contribution in [3.8, 4) is 34.1 Å². The van der Waals surface area contributed by atoms with E-state index < -0.39 is 5.97 Å². The molecule has 3 aromatic carbocycles. The van der Waals surface area contributed by atoms with Crippen LogP contribution in [0.1, 0.15) is 63.0 Å². The first-order valence-corrected chi connectivity index (χ1v) is 11.7. The fourth-order valence-corrected chi connectivity index (χ4v) is 4.02. The first-order valence-electron chi connectivity index (χ1n) is 11.7. The van der Waals surface area contributed by atoms with E-state index in [-0.39, 0.29) is 10.8 Å². The molecule has 0 saturated carbocycles. The molecule has 186 valence electrons. The van der Waals surface area contributed by atoms with Gasteiger partial charge in [-0.05, 0) is 40.7 Å². The van der Waals surface area contributed by atoms with Crippen LogP contribution in [-0.4, -0.2) is 27.3 Å². The van der Waals surface area contributed by atoms with Crippen LogP contribution in [0.4, 0.5) is 0 Å². The number of benzene rings is 3. The molecule has 0 bridgehead atoms. The molecule has 35 heavy (non-hydrogen) atoms. The Hall–Kier alpha value is -3.47. The van der Waals surface area contributed by atoms with Gasteiger partial charge in [0.15, 0.2) is 0 Å². The van der Waals surface area contributed by atoms with Gasteiger partial charge in [0.1, 0.15) is 23.0 Å². The first-order chi connectivity index (χ1) is 16.4. The average molecular weight is 477 g/mol. The lowest BCUT2D eigenvalue weighted by Gasteiger charge is -2.29. The maximum absolute atomic E-state index is 13.5. The summed E-state index contributed by atoms with van der Waals surface area (Å²) in [6.45, 7) is 12.5. The van der Waals surface area contributed by atoms with E-state index in [1.54, 1.807) is 33.5 Å². The average Bonchev–Trinajstić information content (AvgIpc) is 2.82. The summed E-state index contributed by atoms with van der Waals surface area (Å²) in [6, 6.07) is 17.1. The number of ether oxygens (including phenoxy) is 4. The van der Waals surface area contributed by atoms with E-state index in [0.29, 0.717) is 22.8 Å². The van der Waals surface area contributed by atoms with E-state index >= 15 is 0 Å². The van der Waals surface area contributed by atoms with Crippen molar-refractivity contribution in [1.82, 2.24) is 0 Å². The maximum atomic E-state index is 13.5. The van der Waals surface area contributed by atoms with E-state index in [4.69, 9.17) is 18.9 Å². The Morgan fingerprint density at radius 3 is 1.57 bits per heavy atom. The standard InChI is InChI=1S/C30H36O5/c1-29(2,3)22-17-21(32-7)18-23(30(4,5)6)27(22)35-28(31)20-15-24(33-8)26(25(16-20)34-9)19-13-11-10-12-14-19/h10-18H,1-9H3. The molecule has 0 aliphatic rings. The van der Waals surface area contributed by atoms with Crippen molar-refractivity contribution >= 4 is 5.97 Å². The molecule has 0 spiro atoms. The fraction of sp³-hybridized carbons (Fsp3) is 0.367. The molecule has 0 unspecified atom stereocenters. The number of hydrogen-bond donors (Lipinski definition) is 0. The molecule has 0 amide bonds. The zero-order chi connectivity index (χ0) is 26.0. The molecular weight excluding hydrogens is 440 g/mol. The summed E-state index contributed by atoms with van der Waals surface area (Å²) in [4.78, 5) is 13.5. The Kier molecular flexibility index (Phi) is 7.49. The monoisotopic (exact) mass is 476 g/mol. The maximum Gasteiger partial charge on any atom is 0.343 e. The van der Waals surface area contributed by atoms with Crippen LogP contribution in [0.3, 0.4) is 0 Å². The predicted molar refractivity (Wildman–Crippen MR) is 140 cm³/mol. The first kappa shape index (κ1) is 26.1. The lowest BCUT2D eigenvalue weighted by atomic mass is 9.79. The second-order valence-corrected chi connectivity index (χ2v) is 10.6. The molecule has 0 heterocycles. The van der Waals surface area contributed by atoms with Gasteiger partial charge in [-0.2, -0.15) is 0 Å². The van der Waals surface area contributed by atoms with Gasteiger partial charge in [-0.1, -0.05) is 71.9 Å². The van der Waals surface area contributed by atoms with Crippen LogP contribution in [0.2, 0.25) is 0 Å². The highest BCUT2D eigenvalue weighted by atomic mass is 16.5. The SMILES string of the molecule is COc1cc(C(C)(C)C)c(OC(=O)c2cc(OC)c(-c3ccccc3)c(OC)c2)c(C(C)(C)C)c1. The van der Waals surface area contributed by atoms with Crippen LogP contribution in [0.25, 0.3) is 11.1 Å². The quantitative estimate of drug-likeness (QED) is 0.278. The van der Waals surface area contributed by atoms with Crippen LogP contribution in [-0.2, 0) is 10.8 Å². The van der Waals surface area contributed by atoms with Gasteiger partial charge < -0.3 is 18.9 Å². The topological polar surface area (TPSA) is 54.0 Å². The molecule has 0 radical (unpaired) electrons. The number of carbonyl (C=O) groups excluding carboxylic acids is 1. The Bertz CT molecular complexity index is 1140. The van der Waals surface area contributed by atoms with Gasteiger partial charge >= 0.3 is 5.97 Å². The minimum Gasteiger partial charge on any atom is -0.497 e. The lowest BCUT2D eigenvalue weighted by molar-refractivity contribution is 0.0727. The number of methoxy groups -OCH3 is 3. The van der Waals surface area contributed by atoms with Crippen LogP contribution in [0, 0.1) is 0 Å². The molecule has 5 nitrogen and oxygen atoms in total. The van der Waals surface area contributed by atoms with Crippen molar-refractivity contribution in [1.29, 1.82) is 0 Å². The normalized spacial score (nSPS) is 11.7. The van der Waals surface area contributed by atoms with Crippen molar-refractivity contribution in [2.24, 2.45) is 0 Å². The van der Waals surface area contributed by atoms with E-state index in [1.165, 1.54) is 0 Å². The third kappa shape index (κ3) is 5.61. The van der Waals surface area contributed by atoms with Crippen LogP contribution >= 0.6 is 0 Å². The Labute approximate surface area is 209 Å². The minimum absolute atomic E-state index is 0.281. The lowest BCUT2D eigenvalue weighted by Crippen LogP contribution is -2.22. The molecular formula is C30H36O5. The van der Waals surface area contributed by atoms with Crippen molar-refractivity contribution in [3.63, 3.8) is 0 Å². The van der Waals surface area contributed by atoms with Gasteiger partial charge in [0.05, 0.1) is 32.5 Å². The number of rotatable bonds is 6. The largest absolute Gasteiger partial charge is 0.497 e. The van der Waals surface area contributed by atoms with Gasteiger partial charge in [-0.3, -0.25) is 0 Å². The summed E-state index contributed by atoms with van der Waals surface area (Å²) >= 11 is 0. The van der Waals surface area contributed by atoms with Gasteiger partial charge in [0.2, 0.25) is 0 Å². The number of esters is 1. The zero-order valence-corrected chi connectivity index (χ0v) is 22.2. The Morgan fingerprint density at radius 1 is 0.686 bits per heavy atom. The third-order valence-electron chi connectivity index (χ3n) is 5.91.